The molecule has 4 atom stereocenters. The van der Waals surface area contributed by atoms with Gasteiger partial charge in [0.15, 0.2) is 4.31 Å². The summed E-state index contributed by atoms with van der Waals surface area (Å²) in [5, 5.41) is 8.93. The molecule has 0 saturated carbocycles. The Hall–Kier alpha value is -1.32. The van der Waals surface area contributed by atoms with Crippen molar-refractivity contribution >= 4 is 16.5 Å². The molecule has 2 unspecified atom stereocenters. The summed E-state index contributed by atoms with van der Waals surface area (Å²) < 4.78 is 29.0. The molecule has 13 heteroatoms. The maximum Gasteiger partial charge on any atom is 0.745 e. The van der Waals surface area contributed by atoms with Gasteiger partial charge in [-0.15, -0.1) is 9.79 Å². The molecular formula is C10H16N2O9P2+2. The molecule has 1 aliphatic rings. The van der Waals surface area contributed by atoms with E-state index in [1.54, 1.807) is 6.92 Å². The van der Waals surface area contributed by atoms with E-state index in [1.807, 2.05) is 0 Å². The minimum atomic E-state index is -2.92. The quantitative estimate of drug-likeness (QED) is 0.525. The van der Waals surface area contributed by atoms with E-state index in [-0.39, 0.29) is 24.5 Å². The maximum atomic E-state index is 11.5. The van der Waals surface area contributed by atoms with Crippen LogP contribution in [0.15, 0.2) is 15.8 Å². The second kappa shape index (κ2) is 9.09. The lowest BCUT2D eigenvalue weighted by Gasteiger charge is -2.14. The average molecular weight is 370 g/mol. The van der Waals surface area contributed by atoms with Gasteiger partial charge in [0.25, 0.3) is 5.56 Å². The third kappa shape index (κ3) is 6.36. The fourth-order valence-corrected chi connectivity index (χ4v) is 2.36. The normalized spacial score (nSPS) is 21.4. The first-order chi connectivity index (χ1) is 10.7. The summed E-state index contributed by atoms with van der Waals surface area (Å²) in [5.74, 6) is 0. The zero-order chi connectivity index (χ0) is 17.6. The van der Waals surface area contributed by atoms with Crippen molar-refractivity contribution in [2.45, 2.75) is 32.1 Å². The van der Waals surface area contributed by atoms with Gasteiger partial charge in [0.05, 0.1) is 12.7 Å². The summed E-state index contributed by atoms with van der Waals surface area (Å²) in [6.45, 7) is 1.58. The van der Waals surface area contributed by atoms with E-state index in [0.717, 1.165) is 0 Å². The zero-order valence-electron chi connectivity index (χ0n) is 12.0. The molecule has 0 radical (unpaired) electrons. The molecule has 2 rings (SSSR count). The van der Waals surface area contributed by atoms with Gasteiger partial charge in [-0.2, -0.15) is 0 Å². The Balaban J connectivity index is 0.000000322. The van der Waals surface area contributed by atoms with Crippen LogP contribution < -0.4 is 11.2 Å². The van der Waals surface area contributed by atoms with Crippen LogP contribution in [0, 0.1) is 6.92 Å². The first-order valence-electron chi connectivity index (χ1n) is 6.33. The van der Waals surface area contributed by atoms with Gasteiger partial charge < -0.3 is 9.84 Å². The van der Waals surface area contributed by atoms with Crippen molar-refractivity contribution in [1.82, 2.24) is 9.55 Å². The first kappa shape index (κ1) is 19.7. The number of aryl methyl sites for hydroxylation is 1. The number of H-pyrrole nitrogens is 1. The minimum Gasteiger partial charge on any atom is -0.394 e. The highest BCUT2D eigenvalue weighted by atomic mass is 31.2. The Morgan fingerprint density at radius 3 is 2.39 bits per heavy atom. The third-order valence-electron chi connectivity index (χ3n) is 2.88. The van der Waals surface area contributed by atoms with Gasteiger partial charge in [-0.05, 0) is 19.8 Å². The molecule has 11 nitrogen and oxygen atoms in total. The molecule has 2 heterocycles. The fourth-order valence-electron chi connectivity index (χ4n) is 1.89. The van der Waals surface area contributed by atoms with Gasteiger partial charge in [0, 0.05) is 20.9 Å². The van der Waals surface area contributed by atoms with Crippen LogP contribution in [-0.4, -0.2) is 37.2 Å². The summed E-state index contributed by atoms with van der Waals surface area (Å²) in [7, 11) is -5.85. The molecule has 0 amide bonds. The van der Waals surface area contributed by atoms with Crippen molar-refractivity contribution < 1.29 is 33.1 Å². The summed E-state index contributed by atoms with van der Waals surface area (Å²) in [6.07, 6.45) is 2.26. The lowest BCUT2D eigenvalue weighted by atomic mass is 10.2. The molecule has 1 saturated heterocycles. The number of nitrogens with zero attached hydrogens (tertiary/aromatic N) is 1. The number of aliphatic hydroxyl groups excluding tert-OH is 1. The number of aromatic nitrogens is 2. The van der Waals surface area contributed by atoms with Crippen molar-refractivity contribution in [1.29, 1.82) is 0 Å². The average Bonchev–Trinajstić information content (AvgIpc) is 2.90. The van der Waals surface area contributed by atoms with E-state index in [9.17, 15) is 18.7 Å². The second-order valence-corrected chi connectivity index (χ2v) is 6.11. The van der Waals surface area contributed by atoms with Crippen LogP contribution in [0.3, 0.4) is 0 Å². The van der Waals surface area contributed by atoms with Crippen molar-refractivity contribution in [2.75, 3.05) is 6.61 Å². The molecular weight excluding hydrogens is 354 g/mol. The zero-order valence-corrected chi connectivity index (χ0v) is 13.8. The number of hydrogen-bond acceptors (Lipinski definition) is 7. The van der Waals surface area contributed by atoms with Crippen LogP contribution >= 0.6 is 16.5 Å². The van der Waals surface area contributed by atoms with E-state index in [1.165, 1.54) is 10.8 Å². The molecule has 1 aliphatic heterocycles. The lowest BCUT2D eigenvalue weighted by molar-refractivity contribution is -0.0247. The predicted molar refractivity (Wildman–Crippen MR) is 77.0 cm³/mol. The fraction of sp³-hybridized carbons (Fsp3) is 0.600. The first-order valence-corrected chi connectivity index (χ1v) is 8.59. The maximum absolute atomic E-state index is 11.5. The molecule has 4 N–H and O–H groups in total. The monoisotopic (exact) mass is 370 g/mol. The van der Waals surface area contributed by atoms with Crippen molar-refractivity contribution in [3.05, 3.63) is 32.6 Å². The van der Waals surface area contributed by atoms with Crippen LogP contribution in [0.5, 0.6) is 0 Å². The van der Waals surface area contributed by atoms with Gasteiger partial charge in [0.1, 0.15) is 6.23 Å². The summed E-state index contributed by atoms with van der Waals surface area (Å²) in [6, 6.07) is 0. The smallest absolute Gasteiger partial charge is 0.394 e. The second-order valence-electron chi connectivity index (χ2n) is 4.51. The van der Waals surface area contributed by atoms with Gasteiger partial charge in [-0.3, -0.25) is 14.3 Å². The molecule has 0 aromatic carbocycles. The van der Waals surface area contributed by atoms with Gasteiger partial charge in [-0.25, -0.2) is 4.79 Å². The third-order valence-corrected chi connectivity index (χ3v) is 4.00. The Morgan fingerprint density at radius 1 is 1.35 bits per heavy atom. The van der Waals surface area contributed by atoms with Gasteiger partial charge in [0.2, 0.25) is 0 Å². The lowest BCUT2D eigenvalue weighted by Crippen LogP contribution is -2.33. The van der Waals surface area contributed by atoms with E-state index in [4.69, 9.17) is 19.6 Å². The number of rotatable bonds is 4. The standard InChI is InChI=1S/C10H14N2O4.O5P2/c1-6-4-12(10(15)11-9(6)14)8-3-2-7(5-13)16-8;1-6(2)5-7(3)4/h4,7-8,13H,2-3,5H2,1H3,(H,11,14,15);/p+2/t7-,8+;/m0./s1. The highest BCUT2D eigenvalue weighted by Gasteiger charge is 2.31. The van der Waals surface area contributed by atoms with Crippen LogP contribution in [0.1, 0.15) is 24.6 Å². The molecule has 128 valence electrons. The summed E-state index contributed by atoms with van der Waals surface area (Å²) in [5.41, 5.74) is -0.382. The van der Waals surface area contributed by atoms with Crippen molar-refractivity contribution in [2.24, 2.45) is 0 Å². The molecule has 1 aromatic heterocycles. The highest BCUT2D eigenvalue weighted by Crippen LogP contribution is 2.30. The minimum absolute atomic E-state index is 0.0480. The predicted octanol–water partition coefficient (Wildman–Crippen LogP) is -0.183. The Labute approximate surface area is 131 Å². The summed E-state index contributed by atoms with van der Waals surface area (Å²) >= 11 is 0. The topological polar surface area (TPSA) is 168 Å². The molecule has 0 aliphatic carbocycles. The molecule has 23 heavy (non-hydrogen) atoms. The van der Waals surface area contributed by atoms with Gasteiger partial charge in [-0.1, -0.05) is 0 Å². The highest BCUT2D eigenvalue weighted by molar-refractivity contribution is 7.46. The molecule has 1 aromatic rings. The van der Waals surface area contributed by atoms with Crippen molar-refractivity contribution in [3.63, 3.8) is 0 Å². The Morgan fingerprint density at radius 2 is 1.96 bits per heavy atom. The number of aromatic amines is 1. The van der Waals surface area contributed by atoms with Crippen LogP contribution in [0.2, 0.25) is 0 Å². The number of hydrogen-bond donors (Lipinski definition) is 4. The molecule has 0 spiro atoms. The van der Waals surface area contributed by atoms with Crippen LogP contribution in [0.4, 0.5) is 0 Å². The van der Waals surface area contributed by atoms with Crippen LogP contribution in [-0.2, 0) is 18.2 Å². The molecule has 1 fully saturated rings. The van der Waals surface area contributed by atoms with E-state index >= 15 is 0 Å². The number of nitrogens with one attached hydrogen (secondary N) is 1. The van der Waals surface area contributed by atoms with E-state index in [2.05, 4.69) is 9.29 Å². The number of ether oxygens (including phenoxy) is 1. The Kier molecular flexibility index (Phi) is 7.80. The van der Waals surface area contributed by atoms with Gasteiger partial charge >= 0.3 is 22.2 Å². The number of aliphatic hydroxyl groups is 1. The van der Waals surface area contributed by atoms with E-state index < -0.39 is 22.2 Å². The van der Waals surface area contributed by atoms with Crippen LogP contribution in [0.25, 0.3) is 0 Å². The SMILES string of the molecule is Cc1cn([C@H]2CC[C@@H](CO)O2)c(=O)[nH]c1=O.O=[P+](O)O[P+](=O)O. The molecule has 0 bridgehead atoms. The summed E-state index contributed by atoms with van der Waals surface area (Å²) in [4.78, 5) is 40.3. The largest absolute Gasteiger partial charge is 0.745 e. The van der Waals surface area contributed by atoms with E-state index in [0.29, 0.717) is 18.4 Å². The van der Waals surface area contributed by atoms with Crippen molar-refractivity contribution in [3.8, 4) is 0 Å². The Bertz CT molecular complexity index is 674.